The Bertz CT molecular complexity index is 895. The summed E-state index contributed by atoms with van der Waals surface area (Å²) in [6.07, 6.45) is 0. The van der Waals surface area contributed by atoms with Gasteiger partial charge < -0.3 is 10.4 Å². The summed E-state index contributed by atoms with van der Waals surface area (Å²) in [6.45, 7) is 2.14. The molecule has 0 saturated carbocycles. The number of amides is 2. The molecule has 2 aromatic rings. The van der Waals surface area contributed by atoms with Crippen molar-refractivity contribution in [2.24, 2.45) is 0 Å². The Hall–Kier alpha value is -2.71. The van der Waals surface area contributed by atoms with E-state index in [1.165, 1.54) is 31.2 Å². The summed E-state index contributed by atoms with van der Waals surface area (Å²) in [5.41, 5.74) is 1.13. The number of benzene rings is 2. The van der Waals surface area contributed by atoms with Gasteiger partial charge in [0.05, 0.1) is 24.0 Å². The van der Waals surface area contributed by atoms with E-state index in [1.54, 1.807) is 37.3 Å². The van der Waals surface area contributed by atoms with Gasteiger partial charge in [0.25, 0.3) is 10.0 Å². The number of aliphatic hydroxyl groups is 1. The topological polar surface area (TPSA) is 104 Å². The van der Waals surface area contributed by atoms with Gasteiger partial charge in [0.15, 0.2) is 0 Å². The minimum atomic E-state index is -4.15. The summed E-state index contributed by atoms with van der Waals surface area (Å²) >= 11 is 0. The molecule has 0 saturated heterocycles. The van der Waals surface area contributed by atoms with Gasteiger partial charge in [-0.15, -0.1) is 0 Å². The van der Waals surface area contributed by atoms with Crippen LogP contribution in [0.5, 0.6) is 0 Å². The molecule has 144 valence electrons. The van der Waals surface area contributed by atoms with Gasteiger partial charge in [-0.05, 0) is 36.8 Å². The SMILES string of the molecule is CC(=O)Nc1ccc(S(=O)(=O)N(CCO)C(=O)[C@@H](C)c2ccccc2)cc1. The predicted molar refractivity (Wildman–Crippen MR) is 102 cm³/mol. The number of carbonyl (C=O) groups is 2. The molecule has 0 unspecified atom stereocenters. The van der Waals surface area contributed by atoms with Gasteiger partial charge in [-0.1, -0.05) is 30.3 Å². The first-order chi connectivity index (χ1) is 12.8. The first-order valence-electron chi connectivity index (χ1n) is 8.37. The number of nitrogens with one attached hydrogen (secondary N) is 1. The van der Waals surface area contributed by atoms with Crippen molar-refractivity contribution in [2.75, 3.05) is 18.5 Å². The Morgan fingerprint density at radius 1 is 1.07 bits per heavy atom. The lowest BCUT2D eigenvalue weighted by Gasteiger charge is -2.25. The highest BCUT2D eigenvalue weighted by Crippen LogP contribution is 2.24. The van der Waals surface area contributed by atoms with Crippen molar-refractivity contribution in [3.8, 4) is 0 Å². The number of anilines is 1. The van der Waals surface area contributed by atoms with Crippen molar-refractivity contribution < 1.29 is 23.1 Å². The molecular formula is C19H22N2O5S. The minimum absolute atomic E-state index is 0.0985. The monoisotopic (exact) mass is 390 g/mol. The number of aliphatic hydroxyl groups excluding tert-OH is 1. The summed E-state index contributed by atoms with van der Waals surface area (Å²) in [7, 11) is -4.15. The Morgan fingerprint density at radius 3 is 2.19 bits per heavy atom. The van der Waals surface area contributed by atoms with Crippen LogP contribution in [0.25, 0.3) is 0 Å². The first kappa shape index (κ1) is 20.6. The molecule has 2 amide bonds. The van der Waals surface area contributed by atoms with Gasteiger partial charge in [0.2, 0.25) is 11.8 Å². The average Bonchev–Trinajstić information content (AvgIpc) is 2.65. The standard InChI is InChI=1S/C19H22N2O5S/c1-14(16-6-4-3-5-7-16)19(24)21(12-13-22)27(25,26)18-10-8-17(9-11-18)20-15(2)23/h3-11,14,22H,12-13H2,1-2H3,(H,20,23)/t14-/m0/s1. The molecule has 0 aliphatic rings. The molecule has 0 bridgehead atoms. The highest BCUT2D eigenvalue weighted by molar-refractivity contribution is 7.89. The molecular weight excluding hydrogens is 368 g/mol. The summed E-state index contributed by atoms with van der Waals surface area (Å²) in [6, 6.07) is 14.3. The fourth-order valence-electron chi connectivity index (χ4n) is 2.58. The summed E-state index contributed by atoms with van der Waals surface area (Å²) < 4.78 is 26.6. The van der Waals surface area contributed by atoms with Crippen molar-refractivity contribution in [3.05, 3.63) is 60.2 Å². The third kappa shape index (κ3) is 4.93. The lowest BCUT2D eigenvalue weighted by molar-refractivity contribution is -0.128. The summed E-state index contributed by atoms with van der Waals surface area (Å²) in [5.74, 6) is -1.59. The number of hydrogen-bond donors (Lipinski definition) is 2. The molecule has 1 atom stereocenters. The number of nitrogens with zero attached hydrogens (tertiary/aromatic N) is 1. The van der Waals surface area contributed by atoms with E-state index in [9.17, 15) is 23.1 Å². The van der Waals surface area contributed by atoms with Crippen LogP contribution in [0.2, 0.25) is 0 Å². The Balaban J connectivity index is 2.33. The maximum Gasteiger partial charge on any atom is 0.266 e. The lowest BCUT2D eigenvalue weighted by Crippen LogP contribution is -2.41. The van der Waals surface area contributed by atoms with Crippen LogP contribution in [0, 0.1) is 0 Å². The van der Waals surface area contributed by atoms with Crippen molar-refractivity contribution in [3.63, 3.8) is 0 Å². The molecule has 2 rings (SSSR count). The molecule has 0 radical (unpaired) electrons. The van der Waals surface area contributed by atoms with E-state index >= 15 is 0 Å². The van der Waals surface area contributed by atoms with Crippen LogP contribution in [0.4, 0.5) is 5.69 Å². The summed E-state index contributed by atoms with van der Waals surface area (Å²) in [5, 5.41) is 11.8. The molecule has 2 aromatic carbocycles. The van der Waals surface area contributed by atoms with E-state index in [2.05, 4.69) is 5.32 Å². The molecule has 0 aliphatic heterocycles. The molecule has 0 heterocycles. The normalized spacial score (nSPS) is 12.3. The Morgan fingerprint density at radius 2 is 1.67 bits per heavy atom. The number of sulfonamides is 1. The number of rotatable bonds is 7. The van der Waals surface area contributed by atoms with Crippen LogP contribution >= 0.6 is 0 Å². The van der Waals surface area contributed by atoms with Crippen LogP contribution in [0.15, 0.2) is 59.5 Å². The quantitative estimate of drug-likeness (QED) is 0.752. The van der Waals surface area contributed by atoms with Crippen LogP contribution in [-0.2, 0) is 19.6 Å². The molecule has 7 nitrogen and oxygen atoms in total. The second kappa shape index (κ2) is 8.79. The molecule has 0 aromatic heterocycles. The highest BCUT2D eigenvalue weighted by Gasteiger charge is 2.32. The van der Waals surface area contributed by atoms with Crippen molar-refractivity contribution in [1.82, 2.24) is 4.31 Å². The fourth-order valence-corrected chi connectivity index (χ4v) is 4.03. The van der Waals surface area contributed by atoms with Crippen LogP contribution in [0.1, 0.15) is 25.3 Å². The molecule has 27 heavy (non-hydrogen) atoms. The fraction of sp³-hybridized carbons (Fsp3) is 0.263. The number of hydrogen-bond acceptors (Lipinski definition) is 5. The molecule has 0 spiro atoms. The van der Waals surface area contributed by atoms with Crippen LogP contribution in [0.3, 0.4) is 0 Å². The van der Waals surface area contributed by atoms with Gasteiger partial charge in [0, 0.05) is 12.6 Å². The maximum absolute atomic E-state index is 12.9. The maximum atomic E-state index is 12.9. The Labute approximate surface area is 158 Å². The second-order valence-electron chi connectivity index (χ2n) is 5.98. The van der Waals surface area contributed by atoms with E-state index in [-0.39, 0.29) is 17.3 Å². The number of carbonyl (C=O) groups excluding carboxylic acids is 2. The first-order valence-corrected chi connectivity index (χ1v) is 9.81. The zero-order valence-electron chi connectivity index (χ0n) is 15.1. The third-order valence-electron chi connectivity index (χ3n) is 3.98. The van der Waals surface area contributed by atoms with E-state index in [0.29, 0.717) is 15.6 Å². The van der Waals surface area contributed by atoms with E-state index in [4.69, 9.17) is 0 Å². The van der Waals surface area contributed by atoms with Gasteiger partial charge in [-0.25, -0.2) is 12.7 Å². The van der Waals surface area contributed by atoms with Gasteiger partial charge in [-0.3, -0.25) is 9.59 Å². The smallest absolute Gasteiger partial charge is 0.266 e. The van der Waals surface area contributed by atoms with Gasteiger partial charge in [0.1, 0.15) is 0 Å². The molecule has 2 N–H and O–H groups in total. The van der Waals surface area contributed by atoms with Crippen molar-refractivity contribution >= 4 is 27.5 Å². The predicted octanol–water partition coefficient (Wildman–Crippen LogP) is 1.96. The molecule has 0 fully saturated rings. The van der Waals surface area contributed by atoms with Gasteiger partial charge >= 0.3 is 0 Å². The molecule has 8 heteroatoms. The van der Waals surface area contributed by atoms with Gasteiger partial charge in [-0.2, -0.15) is 0 Å². The lowest BCUT2D eigenvalue weighted by atomic mass is 10.0. The van der Waals surface area contributed by atoms with E-state index in [0.717, 1.165) is 0 Å². The Kier molecular flexibility index (Phi) is 6.70. The minimum Gasteiger partial charge on any atom is -0.394 e. The van der Waals surface area contributed by atoms with Crippen molar-refractivity contribution in [1.29, 1.82) is 0 Å². The average molecular weight is 390 g/mol. The largest absolute Gasteiger partial charge is 0.394 e. The zero-order valence-corrected chi connectivity index (χ0v) is 15.9. The summed E-state index contributed by atoms with van der Waals surface area (Å²) in [4.78, 5) is 23.8. The second-order valence-corrected chi connectivity index (χ2v) is 7.84. The highest BCUT2D eigenvalue weighted by atomic mass is 32.2. The van der Waals surface area contributed by atoms with Crippen LogP contribution in [-0.4, -0.2) is 42.8 Å². The molecule has 0 aliphatic carbocycles. The van der Waals surface area contributed by atoms with E-state index in [1.807, 2.05) is 0 Å². The van der Waals surface area contributed by atoms with Crippen molar-refractivity contribution in [2.45, 2.75) is 24.7 Å². The zero-order chi connectivity index (χ0) is 20.0. The third-order valence-corrected chi connectivity index (χ3v) is 5.79. The van der Waals surface area contributed by atoms with E-state index < -0.39 is 28.5 Å². The van der Waals surface area contributed by atoms with Crippen LogP contribution < -0.4 is 5.32 Å².